The van der Waals surface area contributed by atoms with E-state index in [1.165, 1.54) is 0 Å². The maximum Gasteiger partial charge on any atom is 0.156 e. The minimum atomic E-state index is 0.569. The van der Waals surface area contributed by atoms with Gasteiger partial charge in [-0.2, -0.15) is 5.10 Å². The molecule has 0 radical (unpaired) electrons. The SMILES string of the molecule is c1ccc2c(NCc3ccon3)nncc2c1. The van der Waals surface area contributed by atoms with Gasteiger partial charge in [-0.3, -0.25) is 0 Å². The van der Waals surface area contributed by atoms with Crippen molar-refractivity contribution >= 4 is 16.6 Å². The number of nitrogens with one attached hydrogen (secondary N) is 1. The zero-order valence-corrected chi connectivity index (χ0v) is 9.00. The molecule has 0 bridgehead atoms. The Balaban J connectivity index is 1.90. The molecule has 0 spiro atoms. The van der Waals surface area contributed by atoms with Crippen molar-refractivity contribution in [2.45, 2.75) is 6.54 Å². The number of fused-ring (bicyclic) bond motifs is 1. The molecule has 1 aromatic carbocycles. The van der Waals surface area contributed by atoms with Crippen molar-refractivity contribution in [2.75, 3.05) is 5.32 Å². The fourth-order valence-electron chi connectivity index (χ4n) is 1.66. The quantitative estimate of drug-likeness (QED) is 0.741. The Morgan fingerprint density at radius 3 is 3.00 bits per heavy atom. The fraction of sp³-hybridized carbons (Fsp3) is 0.0833. The standard InChI is InChI=1S/C12H10N4O/c1-2-4-11-9(3-1)7-14-15-12(11)13-8-10-5-6-17-16-10/h1-7H,8H2,(H,13,15). The van der Waals surface area contributed by atoms with E-state index in [9.17, 15) is 0 Å². The molecule has 0 aliphatic rings. The summed E-state index contributed by atoms with van der Waals surface area (Å²) in [6, 6.07) is 9.78. The van der Waals surface area contributed by atoms with Crippen LogP contribution in [0.3, 0.4) is 0 Å². The summed E-state index contributed by atoms with van der Waals surface area (Å²) in [7, 11) is 0. The average Bonchev–Trinajstić information content (AvgIpc) is 2.89. The lowest BCUT2D eigenvalue weighted by atomic mass is 10.2. The second-order valence-corrected chi connectivity index (χ2v) is 3.62. The van der Waals surface area contributed by atoms with Crippen LogP contribution in [0.5, 0.6) is 0 Å². The highest BCUT2D eigenvalue weighted by Crippen LogP contribution is 2.19. The van der Waals surface area contributed by atoms with E-state index in [-0.39, 0.29) is 0 Å². The van der Waals surface area contributed by atoms with Gasteiger partial charge in [0.25, 0.3) is 0 Å². The van der Waals surface area contributed by atoms with Crippen molar-refractivity contribution in [3.05, 3.63) is 48.5 Å². The van der Waals surface area contributed by atoms with E-state index in [2.05, 4.69) is 20.7 Å². The van der Waals surface area contributed by atoms with Crippen LogP contribution in [0.4, 0.5) is 5.82 Å². The van der Waals surface area contributed by atoms with Crippen molar-refractivity contribution in [1.29, 1.82) is 0 Å². The first-order chi connectivity index (χ1) is 8.43. The average molecular weight is 226 g/mol. The molecule has 0 aliphatic carbocycles. The predicted molar refractivity (Wildman–Crippen MR) is 63.4 cm³/mol. The van der Waals surface area contributed by atoms with E-state index in [0.717, 1.165) is 22.3 Å². The van der Waals surface area contributed by atoms with Gasteiger partial charge >= 0.3 is 0 Å². The van der Waals surface area contributed by atoms with Crippen LogP contribution in [-0.2, 0) is 6.54 Å². The van der Waals surface area contributed by atoms with Crippen LogP contribution in [0.1, 0.15) is 5.69 Å². The Bertz CT molecular complexity index is 616. The third-order valence-corrected chi connectivity index (χ3v) is 2.50. The molecule has 0 fully saturated rings. The molecule has 3 aromatic rings. The summed E-state index contributed by atoms with van der Waals surface area (Å²) < 4.78 is 4.76. The molecule has 0 saturated heterocycles. The number of hydrogen-bond acceptors (Lipinski definition) is 5. The first-order valence-electron chi connectivity index (χ1n) is 5.27. The Labute approximate surface area is 97.5 Å². The highest BCUT2D eigenvalue weighted by molar-refractivity contribution is 5.90. The molecule has 2 heterocycles. The maximum atomic E-state index is 4.76. The Kier molecular flexibility index (Phi) is 2.42. The number of anilines is 1. The molecule has 84 valence electrons. The monoisotopic (exact) mass is 226 g/mol. The third kappa shape index (κ3) is 1.94. The summed E-state index contributed by atoms with van der Waals surface area (Å²) >= 11 is 0. The second kappa shape index (κ2) is 4.21. The Morgan fingerprint density at radius 1 is 1.18 bits per heavy atom. The number of nitrogens with zero attached hydrogens (tertiary/aromatic N) is 3. The van der Waals surface area contributed by atoms with Crippen LogP contribution in [-0.4, -0.2) is 15.4 Å². The number of hydrogen-bond donors (Lipinski definition) is 1. The van der Waals surface area contributed by atoms with Crippen LogP contribution < -0.4 is 5.32 Å². The molecule has 0 amide bonds. The smallest absolute Gasteiger partial charge is 0.156 e. The molecule has 0 aliphatic heterocycles. The lowest BCUT2D eigenvalue weighted by Gasteiger charge is -2.05. The first-order valence-corrected chi connectivity index (χ1v) is 5.27. The molecule has 5 heteroatoms. The third-order valence-electron chi connectivity index (χ3n) is 2.50. The summed E-state index contributed by atoms with van der Waals surface area (Å²) in [5, 5.41) is 17.2. The van der Waals surface area contributed by atoms with E-state index in [1.807, 2.05) is 30.3 Å². The van der Waals surface area contributed by atoms with Crippen LogP contribution in [0, 0.1) is 0 Å². The molecule has 2 aromatic heterocycles. The van der Waals surface area contributed by atoms with Gasteiger partial charge < -0.3 is 9.84 Å². The summed E-state index contributed by atoms with van der Waals surface area (Å²) in [6.07, 6.45) is 3.29. The highest BCUT2D eigenvalue weighted by Gasteiger charge is 2.03. The van der Waals surface area contributed by atoms with Gasteiger partial charge in [0, 0.05) is 16.8 Å². The lowest BCUT2D eigenvalue weighted by molar-refractivity contribution is 0.412. The zero-order valence-electron chi connectivity index (χ0n) is 9.00. The van der Waals surface area contributed by atoms with Gasteiger partial charge in [0.15, 0.2) is 5.82 Å². The van der Waals surface area contributed by atoms with Crippen molar-refractivity contribution in [2.24, 2.45) is 0 Å². The maximum absolute atomic E-state index is 4.76. The predicted octanol–water partition coefficient (Wildman–Crippen LogP) is 2.23. The zero-order chi connectivity index (χ0) is 11.5. The number of rotatable bonds is 3. The van der Waals surface area contributed by atoms with Gasteiger partial charge in [0.05, 0.1) is 12.7 Å². The van der Waals surface area contributed by atoms with E-state index >= 15 is 0 Å². The van der Waals surface area contributed by atoms with Gasteiger partial charge in [-0.15, -0.1) is 5.10 Å². The van der Waals surface area contributed by atoms with E-state index < -0.39 is 0 Å². The van der Waals surface area contributed by atoms with Gasteiger partial charge in [0.1, 0.15) is 12.0 Å². The molecule has 17 heavy (non-hydrogen) atoms. The van der Waals surface area contributed by atoms with E-state index in [1.54, 1.807) is 12.5 Å². The number of benzene rings is 1. The fourth-order valence-corrected chi connectivity index (χ4v) is 1.66. The van der Waals surface area contributed by atoms with Crippen LogP contribution >= 0.6 is 0 Å². The summed E-state index contributed by atoms with van der Waals surface area (Å²) in [5.41, 5.74) is 0.833. The molecule has 3 rings (SSSR count). The number of aromatic nitrogens is 3. The second-order valence-electron chi connectivity index (χ2n) is 3.62. The van der Waals surface area contributed by atoms with Crippen molar-refractivity contribution in [3.63, 3.8) is 0 Å². The molecule has 0 saturated carbocycles. The molecule has 5 nitrogen and oxygen atoms in total. The Hall–Kier alpha value is -2.43. The summed E-state index contributed by atoms with van der Waals surface area (Å²) in [4.78, 5) is 0. The van der Waals surface area contributed by atoms with Gasteiger partial charge in [-0.1, -0.05) is 29.4 Å². The van der Waals surface area contributed by atoms with E-state index in [0.29, 0.717) is 6.54 Å². The van der Waals surface area contributed by atoms with Gasteiger partial charge in [-0.25, -0.2) is 0 Å². The molecular weight excluding hydrogens is 216 g/mol. The first kappa shape index (κ1) is 9.77. The minimum Gasteiger partial charge on any atom is -0.364 e. The summed E-state index contributed by atoms with van der Waals surface area (Å²) in [5.74, 6) is 0.756. The normalized spacial score (nSPS) is 10.6. The largest absolute Gasteiger partial charge is 0.364 e. The summed E-state index contributed by atoms with van der Waals surface area (Å²) in [6.45, 7) is 0.569. The molecule has 1 N–H and O–H groups in total. The van der Waals surface area contributed by atoms with Gasteiger partial charge in [0.2, 0.25) is 0 Å². The molecule has 0 atom stereocenters. The Morgan fingerprint density at radius 2 is 2.12 bits per heavy atom. The van der Waals surface area contributed by atoms with Crippen LogP contribution in [0.15, 0.2) is 47.3 Å². The van der Waals surface area contributed by atoms with Crippen molar-refractivity contribution in [1.82, 2.24) is 15.4 Å². The van der Waals surface area contributed by atoms with Crippen molar-refractivity contribution in [3.8, 4) is 0 Å². The lowest BCUT2D eigenvalue weighted by Crippen LogP contribution is -2.03. The molecular formula is C12H10N4O. The van der Waals surface area contributed by atoms with Crippen LogP contribution in [0.25, 0.3) is 10.8 Å². The highest BCUT2D eigenvalue weighted by atomic mass is 16.5. The van der Waals surface area contributed by atoms with Gasteiger partial charge in [-0.05, 0) is 0 Å². The van der Waals surface area contributed by atoms with Crippen LogP contribution in [0.2, 0.25) is 0 Å². The minimum absolute atomic E-state index is 0.569. The van der Waals surface area contributed by atoms with Crippen molar-refractivity contribution < 1.29 is 4.52 Å². The topological polar surface area (TPSA) is 63.8 Å². The molecule has 0 unspecified atom stereocenters. The van der Waals surface area contributed by atoms with E-state index in [4.69, 9.17) is 4.52 Å².